The van der Waals surface area contributed by atoms with Crippen molar-refractivity contribution in [1.29, 1.82) is 0 Å². The van der Waals surface area contributed by atoms with Crippen LogP contribution in [0.2, 0.25) is 5.02 Å². The van der Waals surface area contributed by atoms with Gasteiger partial charge in [0.15, 0.2) is 5.82 Å². The summed E-state index contributed by atoms with van der Waals surface area (Å²) in [4.78, 5) is 20.9. The predicted molar refractivity (Wildman–Crippen MR) is 181 cm³/mol. The van der Waals surface area contributed by atoms with Gasteiger partial charge in [-0.2, -0.15) is 9.78 Å². The van der Waals surface area contributed by atoms with Gasteiger partial charge in [-0.1, -0.05) is 49.7 Å². The first-order chi connectivity index (χ1) is 21.2. The molecule has 0 atom stereocenters. The molecule has 0 fully saturated rings. The zero-order chi connectivity index (χ0) is 31.4. The van der Waals surface area contributed by atoms with E-state index < -0.39 is 0 Å². The fraction of sp³-hybridized carbons (Fsp3) is 0.250. The van der Waals surface area contributed by atoms with Crippen LogP contribution in [0.3, 0.4) is 0 Å². The summed E-state index contributed by atoms with van der Waals surface area (Å²) < 4.78 is 13.6. The predicted octanol–water partition coefficient (Wildman–Crippen LogP) is 8.07. The fourth-order valence-electron chi connectivity index (χ4n) is 4.97. The number of rotatable bonds is 10. The van der Waals surface area contributed by atoms with E-state index in [0.29, 0.717) is 40.7 Å². The highest BCUT2D eigenvalue weighted by Gasteiger charge is 2.19. The third-order valence-corrected chi connectivity index (χ3v) is 7.66. The van der Waals surface area contributed by atoms with Crippen molar-refractivity contribution in [3.05, 3.63) is 116 Å². The van der Waals surface area contributed by atoms with Crippen LogP contribution < -0.4 is 19.9 Å². The van der Waals surface area contributed by atoms with E-state index in [1.54, 1.807) is 12.3 Å². The van der Waals surface area contributed by atoms with Gasteiger partial charge < -0.3 is 14.4 Å². The first-order valence-electron chi connectivity index (χ1n) is 14.7. The maximum atomic E-state index is 13.9. The van der Waals surface area contributed by atoms with Crippen molar-refractivity contribution in [2.24, 2.45) is 5.10 Å². The molecule has 0 spiro atoms. The van der Waals surface area contributed by atoms with Crippen LogP contribution in [0.5, 0.6) is 11.5 Å². The normalized spacial score (nSPS) is 11.5. The van der Waals surface area contributed by atoms with Crippen molar-refractivity contribution in [2.45, 2.75) is 40.2 Å². The van der Waals surface area contributed by atoms with Crippen LogP contribution in [0.25, 0.3) is 22.3 Å². The van der Waals surface area contributed by atoms with Crippen molar-refractivity contribution in [1.82, 2.24) is 9.66 Å². The molecule has 5 aromatic rings. The molecule has 5 rings (SSSR count). The Bertz CT molecular complexity index is 1880. The van der Waals surface area contributed by atoms with Crippen molar-refractivity contribution < 1.29 is 9.47 Å². The molecule has 0 saturated carbocycles. The Morgan fingerprint density at radius 1 is 0.977 bits per heavy atom. The SMILES string of the molecule is CCOc1cc(C)c(-c2nc3ccccc3c(=O)n2N=Cc2ccc(N(C)C)cc2OCc2ccc(Cl)cc2)cc1C(C)C. The molecule has 226 valence electrons. The third kappa shape index (κ3) is 6.63. The van der Waals surface area contributed by atoms with E-state index >= 15 is 0 Å². The molecule has 0 aliphatic carbocycles. The summed E-state index contributed by atoms with van der Waals surface area (Å²) in [6.45, 7) is 9.14. The Morgan fingerprint density at radius 2 is 1.73 bits per heavy atom. The molecule has 44 heavy (non-hydrogen) atoms. The highest BCUT2D eigenvalue weighted by molar-refractivity contribution is 6.30. The largest absolute Gasteiger partial charge is 0.494 e. The van der Waals surface area contributed by atoms with Gasteiger partial charge in [0.25, 0.3) is 5.56 Å². The molecule has 0 aliphatic heterocycles. The minimum Gasteiger partial charge on any atom is -0.494 e. The van der Waals surface area contributed by atoms with Gasteiger partial charge in [-0.25, -0.2) is 4.98 Å². The smallest absolute Gasteiger partial charge is 0.282 e. The molecular weight excluding hydrogens is 572 g/mol. The number of nitrogens with zero attached hydrogens (tertiary/aromatic N) is 4. The highest BCUT2D eigenvalue weighted by Crippen LogP contribution is 2.34. The number of hydrogen-bond donors (Lipinski definition) is 0. The van der Waals surface area contributed by atoms with E-state index in [4.69, 9.17) is 31.2 Å². The number of aromatic nitrogens is 2. The van der Waals surface area contributed by atoms with Crippen LogP contribution in [-0.2, 0) is 6.61 Å². The topological polar surface area (TPSA) is 69.0 Å². The van der Waals surface area contributed by atoms with Crippen LogP contribution in [0, 0.1) is 6.92 Å². The fourth-order valence-corrected chi connectivity index (χ4v) is 5.10. The van der Waals surface area contributed by atoms with E-state index in [1.807, 2.05) is 99.6 Å². The van der Waals surface area contributed by atoms with E-state index in [9.17, 15) is 4.79 Å². The van der Waals surface area contributed by atoms with E-state index in [0.717, 1.165) is 39.3 Å². The lowest BCUT2D eigenvalue weighted by molar-refractivity contribution is 0.306. The van der Waals surface area contributed by atoms with Gasteiger partial charge in [0.1, 0.15) is 18.1 Å². The summed E-state index contributed by atoms with van der Waals surface area (Å²) in [5.41, 5.74) is 5.84. The molecule has 1 aromatic heterocycles. The second kappa shape index (κ2) is 13.3. The number of aryl methyl sites for hydroxylation is 1. The van der Waals surface area contributed by atoms with Crippen LogP contribution in [-0.4, -0.2) is 36.6 Å². The van der Waals surface area contributed by atoms with Gasteiger partial charge in [-0.3, -0.25) is 4.79 Å². The van der Waals surface area contributed by atoms with E-state index in [2.05, 4.69) is 19.9 Å². The molecule has 8 heteroatoms. The van der Waals surface area contributed by atoms with Crippen LogP contribution in [0.1, 0.15) is 48.9 Å². The second-order valence-corrected chi connectivity index (χ2v) is 11.6. The second-order valence-electron chi connectivity index (χ2n) is 11.1. The lowest BCUT2D eigenvalue weighted by Crippen LogP contribution is -2.21. The highest BCUT2D eigenvalue weighted by atomic mass is 35.5. The maximum absolute atomic E-state index is 13.9. The molecule has 1 heterocycles. The quantitative estimate of drug-likeness (QED) is 0.150. The zero-order valence-corrected chi connectivity index (χ0v) is 26.7. The zero-order valence-electron chi connectivity index (χ0n) is 26.0. The minimum absolute atomic E-state index is 0.204. The van der Waals surface area contributed by atoms with E-state index in [1.165, 1.54) is 4.68 Å². The number of hydrogen-bond acceptors (Lipinski definition) is 6. The molecule has 4 aromatic carbocycles. The first kappa shape index (κ1) is 30.8. The average molecular weight is 609 g/mol. The number of para-hydroxylation sites is 1. The monoisotopic (exact) mass is 608 g/mol. The molecule has 0 aliphatic rings. The van der Waals surface area contributed by atoms with Gasteiger partial charge in [-0.15, -0.1) is 0 Å². The van der Waals surface area contributed by atoms with Gasteiger partial charge in [-0.05, 0) is 85.0 Å². The molecule has 0 N–H and O–H groups in total. The first-order valence-corrected chi connectivity index (χ1v) is 15.1. The summed E-state index contributed by atoms with van der Waals surface area (Å²) in [5.74, 6) is 2.14. The Hall–Kier alpha value is -4.62. The van der Waals surface area contributed by atoms with Gasteiger partial charge >= 0.3 is 0 Å². The summed E-state index contributed by atoms with van der Waals surface area (Å²) in [5, 5.41) is 5.91. The van der Waals surface area contributed by atoms with Gasteiger partial charge in [0, 0.05) is 42.0 Å². The Morgan fingerprint density at radius 3 is 2.43 bits per heavy atom. The molecule has 0 amide bonds. The minimum atomic E-state index is -0.255. The van der Waals surface area contributed by atoms with Crippen LogP contribution in [0.15, 0.2) is 88.8 Å². The van der Waals surface area contributed by atoms with Crippen LogP contribution >= 0.6 is 11.6 Å². The lowest BCUT2D eigenvalue weighted by Gasteiger charge is -2.18. The van der Waals surface area contributed by atoms with Crippen molar-refractivity contribution in [3.8, 4) is 22.9 Å². The molecule has 7 nitrogen and oxygen atoms in total. The van der Waals surface area contributed by atoms with Gasteiger partial charge in [0.05, 0.1) is 23.7 Å². The van der Waals surface area contributed by atoms with Crippen molar-refractivity contribution in [3.63, 3.8) is 0 Å². The number of anilines is 1. The molecule has 0 saturated heterocycles. The molecule has 0 bridgehead atoms. The number of halogens is 1. The van der Waals surface area contributed by atoms with E-state index in [-0.39, 0.29) is 11.5 Å². The standard InChI is InChI=1S/C36H37ClN4O3/c1-7-43-34-18-24(4)31(20-30(34)23(2)3)35-39-32-11-9-8-10-29(32)36(42)41(35)38-21-26-14-17-28(40(5)6)19-33(26)44-22-25-12-15-27(37)16-13-25/h8-21,23H,7,22H2,1-6H3. The number of fused-ring (bicyclic) bond motifs is 1. The molecule has 0 radical (unpaired) electrons. The molecular formula is C36H37ClN4O3. The maximum Gasteiger partial charge on any atom is 0.282 e. The molecule has 0 unspecified atom stereocenters. The number of ether oxygens (including phenoxy) is 2. The Balaban J connectivity index is 1.64. The van der Waals surface area contributed by atoms with Crippen molar-refractivity contribution >= 4 is 34.4 Å². The van der Waals surface area contributed by atoms with Gasteiger partial charge in [0.2, 0.25) is 0 Å². The van der Waals surface area contributed by atoms with Crippen molar-refractivity contribution in [2.75, 3.05) is 25.6 Å². The Labute approximate surface area is 263 Å². The summed E-state index contributed by atoms with van der Waals surface area (Å²) in [6.07, 6.45) is 1.66. The van der Waals surface area contributed by atoms with Crippen LogP contribution in [0.4, 0.5) is 5.69 Å². The lowest BCUT2D eigenvalue weighted by atomic mass is 9.96. The summed E-state index contributed by atoms with van der Waals surface area (Å²) in [6, 6.07) is 24.9. The number of benzene rings is 4. The Kier molecular flexibility index (Phi) is 9.35. The average Bonchev–Trinajstić information content (AvgIpc) is 3.00. The third-order valence-electron chi connectivity index (χ3n) is 7.41. The summed E-state index contributed by atoms with van der Waals surface area (Å²) >= 11 is 6.07. The summed E-state index contributed by atoms with van der Waals surface area (Å²) in [7, 11) is 3.95.